The van der Waals surface area contributed by atoms with Gasteiger partial charge in [0.25, 0.3) is 0 Å². The Hall–Kier alpha value is -0.640. The van der Waals surface area contributed by atoms with E-state index in [2.05, 4.69) is 0 Å². The summed E-state index contributed by atoms with van der Waals surface area (Å²) in [6.45, 7) is -1.84. The van der Waals surface area contributed by atoms with E-state index < -0.39 is 112 Å². The van der Waals surface area contributed by atoms with Crippen LogP contribution in [0.1, 0.15) is 0 Å². The maximum absolute atomic E-state index is 10.2. The summed E-state index contributed by atoms with van der Waals surface area (Å²) in [5, 5.41) is 108. The fourth-order valence-electron chi connectivity index (χ4n) is 3.84. The SMILES string of the molecule is OC[C@H]1O[C@@H](OC[C@H]2O[C@@H](OC[C@H]3O[C@H](O)[C@H](O)[C@@H](O)[C@@H]3O)[C@H](O)[C@@H](O)[C@@H]2O)[C@H](O)[C@@H](O)[C@@H]1O. The van der Waals surface area contributed by atoms with E-state index in [1.54, 1.807) is 0 Å². The number of rotatable bonds is 7. The van der Waals surface area contributed by atoms with E-state index in [-0.39, 0.29) is 0 Å². The van der Waals surface area contributed by atoms with Crippen LogP contribution in [0, 0.1) is 0 Å². The Morgan fingerprint density at radius 1 is 0.441 bits per heavy atom. The van der Waals surface area contributed by atoms with Crippen molar-refractivity contribution < 1.29 is 79.9 Å². The van der Waals surface area contributed by atoms with Crippen LogP contribution in [-0.4, -0.2) is 168 Å². The lowest BCUT2D eigenvalue weighted by molar-refractivity contribution is -0.340. The van der Waals surface area contributed by atoms with Crippen LogP contribution >= 0.6 is 0 Å². The van der Waals surface area contributed by atoms with Gasteiger partial charge in [-0.2, -0.15) is 0 Å². The van der Waals surface area contributed by atoms with E-state index in [0.717, 1.165) is 0 Å². The lowest BCUT2D eigenvalue weighted by atomic mass is 9.98. The van der Waals surface area contributed by atoms with Gasteiger partial charge < -0.3 is 79.9 Å². The van der Waals surface area contributed by atoms with Crippen LogP contribution < -0.4 is 0 Å². The Kier molecular flexibility index (Phi) is 9.54. The average molecular weight is 504 g/mol. The first-order valence-corrected chi connectivity index (χ1v) is 10.6. The molecule has 3 rings (SSSR count). The molecule has 34 heavy (non-hydrogen) atoms. The van der Waals surface area contributed by atoms with Gasteiger partial charge in [-0.05, 0) is 0 Å². The van der Waals surface area contributed by atoms with Crippen molar-refractivity contribution in [2.24, 2.45) is 0 Å². The van der Waals surface area contributed by atoms with Crippen molar-refractivity contribution >= 4 is 0 Å². The van der Waals surface area contributed by atoms with E-state index in [0.29, 0.717) is 0 Å². The van der Waals surface area contributed by atoms with Gasteiger partial charge in [-0.3, -0.25) is 0 Å². The standard InChI is InChI=1S/C18H32O16/c19-1-4-7(20)11(24)14(27)17(33-4)31-3-6-9(22)12(25)15(28)18(34-6)30-2-5-8(21)10(23)13(26)16(29)32-5/h4-29H,1-3H2/t4-,5-,6-,7-,8-,9-,10+,11+,12+,13-,14-,15-,16+,17-,18-/m1/s1. The number of aliphatic hydroxyl groups is 11. The fourth-order valence-corrected chi connectivity index (χ4v) is 3.84. The summed E-state index contributed by atoms with van der Waals surface area (Å²) in [7, 11) is 0. The molecule has 16 heteroatoms. The average Bonchev–Trinajstić information content (AvgIpc) is 2.82. The van der Waals surface area contributed by atoms with Crippen LogP contribution in [0.2, 0.25) is 0 Å². The Morgan fingerprint density at radius 3 is 1.29 bits per heavy atom. The molecule has 0 unspecified atom stereocenters. The Bertz CT molecular complexity index is 639. The Labute approximate surface area is 192 Å². The van der Waals surface area contributed by atoms with Gasteiger partial charge in [0, 0.05) is 0 Å². The molecule has 0 aromatic rings. The molecule has 0 aromatic heterocycles. The minimum atomic E-state index is -1.82. The van der Waals surface area contributed by atoms with Gasteiger partial charge in [-0.25, -0.2) is 0 Å². The van der Waals surface area contributed by atoms with Gasteiger partial charge in [0.05, 0.1) is 19.8 Å². The summed E-state index contributed by atoms with van der Waals surface area (Å²) in [6, 6.07) is 0. The summed E-state index contributed by atoms with van der Waals surface area (Å²) in [4.78, 5) is 0. The maximum atomic E-state index is 10.2. The van der Waals surface area contributed by atoms with E-state index in [4.69, 9.17) is 23.7 Å². The molecule has 0 amide bonds. The second-order valence-electron chi connectivity index (χ2n) is 8.42. The van der Waals surface area contributed by atoms with Crippen molar-refractivity contribution in [1.82, 2.24) is 0 Å². The number of hydrogen-bond donors (Lipinski definition) is 11. The van der Waals surface area contributed by atoms with Crippen LogP contribution in [0.4, 0.5) is 0 Å². The van der Waals surface area contributed by atoms with Crippen molar-refractivity contribution in [3.05, 3.63) is 0 Å². The quantitative estimate of drug-likeness (QED) is 0.154. The zero-order chi connectivity index (χ0) is 25.3. The summed E-state index contributed by atoms with van der Waals surface area (Å²) >= 11 is 0. The van der Waals surface area contributed by atoms with Crippen molar-refractivity contribution in [3.8, 4) is 0 Å². The van der Waals surface area contributed by atoms with Crippen LogP contribution in [0.25, 0.3) is 0 Å². The number of aliphatic hydroxyl groups excluding tert-OH is 11. The molecule has 0 bridgehead atoms. The molecule has 0 aromatic carbocycles. The third-order valence-electron chi connectivity index (χ3n) is 6.05. The molecule has 11 N–H and O–H groups in total. The molecular formula is C18H32O16. The molecule has 0 radical (unpaired) electrons. The molecule has 3 saturated heterocycles. The van der Waals surface area contributed by atoms with Gasteiger partial charge in [0.2, 0.25) is 0 Å². The third-order valence-corrected chi connectivity index (χ3v) is 6.05. The van der Waals surface area contributed by atoms with Crippen LogP contribution in [-0.2, 0) is 23.7 Å². The van der Waals surface area contributed by atoms with Crippen molar-refractivity contribution in [1.29, 1.82) is 0 Å². The van der Waals surface area contributed by atoms with Gasteiger partial charge in [-0.1, -0.05) is 0 Å². The topological polar surface area (TPSA) is 269 Å². The van der Waals surface area contributed by atoms with Crippen molar-refractivity contribution in [3.63, 3.8) is 0 Å². The van der Waals surface area contributed by atoms with Crippen molar-refractivity contribution in [2.45, 2.75) is 92.1 Å². The maximum Gasteiger partial charge on any atom is 0.186 e. The molecule has 0 saturated carbocycles. The van der Waals surface area contributed by atoms with E-state index >= 15 is 0 Å². The lowest BCUT2D eigenvalue weighted by Gasteiger charge is -2.43. The molecular weight excluding hydrogens is 472 g/mol. The molecule has 16 nitrogen and oxygen atoms in total. The van der Waals surface area contributed by atoms with Crippen LogP contribution in [0.5, 0.6) is 0 Å². The summed E-state index contributed by atoms with van der Waals surface area (Å²) in [5.74, 6) is 0. The first-order chi connectivity index (χ1) is 16.0. The van der Waals surface area contributed by atoms with Crippen LogP contribution in [0.15, 0.2) is 0 Å². The largest absolute Gasteiger partial charge is 0.394 e. The van der Waals surface area contributed by atoms with Crippen LogP contribution in [0.3, 0.4) is 0 Å². The monoisotopic (exact) mass is 504 g/mol. The molecule has 15 atom stereocenters. The summed E-state index contributed by atoms with van der Waals surface area (Å²) < 4.78 is 26.1. The zero-order valence-electron chi connectivity index (χ0n) is 17.7. The lowest BCUT2D eigenvalue weighted by Crippen LogP contribution is -2.62. The highest BCUT2D eigenvalue weighted by atomic mass is 16.7. The van der Waals surface area contributed by atoms with Gasteiger partial charge >= 0.3 is 0 Å². The van der Waals surface area contributed by atoms with Gasteiger partial charge in [0.15, 0.2) is 18.9 Å². The van der Waals surface area contributed by atoms with Gasteiger partial charge in [-0.15, -0.1) is 0 Å². The summed E-state index contributed by atoms with van der Waals surface area (Å²) in [6.07, 6.45) is -24.4. The molecule has 0 aliphatic carbocycles. The third kappa shape index (κ3) is 5.68. The normalized spacial score (nSPS) is 52.5. The second kappa shape index (κ2) is 11.6. The predicted octanol–water partition coefficient (Wildman–Crippen LogP) is -7.57. The first-order valence-electron chi connectivity index (χ1n) is 10.6. The van der Waals surface area contributed by atoms with E-state index in [1.807, 2.05) is 0 Å². The minimum absolute atomic E-state index is 0.570. The zero-order valence-corrected chi connectivity index (χ0v) is 17.7. The molecule has 200 valence electrons. The molecule has 0 spiro atoms. The first kappa shape index (κ1) is 27.9. The molecule has 3 aliphatic rings. The predicted molar refractivity (Wildman–Crippen MR) is 101 cm³/mol. The van der Waals surface area contributed by atoms with E-state index in [1.165, 1.54) is 0 Å². The number of hydrogen-bond acceptors (Lipinski definition) is 16. The highest BCUT2D eigenvalue weighted by molar-refractivity contribution is 4.92. The fraction of sp³-hybridized carbons (Fsp3) is 1.00. The molecule has 3 heterocycles. The molecule has 3 fully saturated rings. The van der Waals surface area contributed by atoms with E-state index in [9.17, 15) is 56.2 Å². The second-order valence-corrected chi connectivity index (χ2v) is 8.42. The minimum Gasteiger partial charge on any atom is -0.394 e. The highest BCUT2D eigenvalue weighted by Crippen LogP contribution is 2.27. The van der Waals surface area contributed by atoms with Gasteiger partial charge in [0.1, 0.15) is 73.2 Å². The molecule has 3 aliphatic heterocycles. The Morgan fingerprint density at radius 2 is 0.824 bits per heavy atom. The smallest absolute Gasteiger partial charge is 0.186 e. The Balaban J connectivity index is 1.58. The highest BCUT2D eigenvalue weighted by Gasteiger charge is 2.48. The van der Waals surface area contributed by atoms with Crippen molar-refractivity contribution in [2.75, 3.05) is 19.8 Å². The number of ether oxygens (including phenoxy) is 5. The summed E-state index contributed by atoms with van der Waals surface area (Å²) in [5.41, 5.74) is 0.